The second-order valence-electron chi connectivity index (χ2n) is 8.83. The number of aliphatic hydroxyl groups excluding tert-OH is 1. The first-order valence-electron chi connectivity index (χ1n) is 12.2. The second-order valence-corrected chi connectivity index (χ2v) is 10.4. The fraction of sp³-hybridized carbons (Fsp3) is 0.609. The number of nitro benzene ring substituents is 1. The number of rotatable bonds is 17. The number of hydrogen-bond acceptors (Lipinski definition) is 10. The van der Waals surface area contributed by atoms with Gasteiger partial charge >= 0.3 is 5.97 Å². The van der Waals surface area contributed by atoms with E-state index in [0.717, 1.165) is 57.1 Å². The zero-order valence-electron chi connectivity index (χ0n) is 20.5. The SMILES string of the molecule is O=C(CCCCCCCCCCNCc1ccc([N+](=O)[O-])c(CO)c1)ON1C(=O)CC(S(=O)(=O)O)C1=O. The average Bonchev–Trinajstić information content (AvgIpc) is 3.13. The molecule has 2 rings (SSSR count). The molecule has 1 aliphatic rings. The lowest BCUT2D eigenvalue weighted by molar-refractivity contribution is -0.385. The third-order valence-corrected chi connectivity index (χ3v) is 7.03. The van der Waals surface area contributed by atoms with Gasteiger partial charge in [-0.05, 0) is 31.0 Å². The number of hydroxylamine groups is 2. The van der Waals surface area contributed by atoms with Crippen LogP contribution < -0.4 is 5.32 Å². The summed E-state index contributed by atoms with van der Waals surface area (Å²) in [5, 5.41) is 21.7. The number of nitrogens with zero attached hydrogens (tertiary/aromatic N) is 2. The maximum atomic E-state index is 11.8. The van der Waals surface area contributed by atoms with Crippen molar-refractivity contribution < 1.29 is 42.2 Å². The van der Waals surface area contributed by atoms with Gasteiger partial charge in [-0.15, -0.1) is 5.06 Å². The largest absolute Gasteiger partial charge is 0.391 e. The second kappa shape index (κ2) is 14.7. The molecule has 1 aliphatic heterocycles. The van der Waals surface area contributed by atoms with Gasteiger partial charge in [-0.25, -0.2) is 4.79 Å². The van der Waals surface area contributed by atoms with Crippen LogP contribution >= 0.6 is 0 Å². The Morgan fingerprint density at radius 3 is 2.30 bits per heavy atom. The summed E-state index contributed by atoms with van der Waals surface area (Å²) in [7, 11) is -4.74. The van der Waals surface area contributed by atoms with Crippen LogP contribution in [0.1, 0.15) is 75.3 Å². The van der Waals surface area contributed by atoms with Crippen LogP contribution in [0, 0.1) is 10.1 Å². The van der Waals surface area contributed by atoms with Gasteiger partial charge < -0.3 is 15.3 Å². The monoisotopic (exact) mass is 543 g/mol. The standard InChI is InChI=1S/C23H33N3O10S/c27-16-18-13-17(10-11-19(18)26(31)32)15-24-12-8-6-4-2-1-3-5-7-9-22(29)36-25-21(28)14-20(23(25)30)37(33,34)35/h10-11,13,20,24,27H,1-9,12,14-16H2,(H,33,34,35). The highest BCUT2D eigenvalue weighted by Crippen LogP contribution is 2.21. The minimum Gasteiger partial charge on any atom is -0.391 e. The highest BCUT2D eigenvalue weighted by atomic mass is 32.2. The molecule has 1 saturated heterocycles. The Labute approximate surface area is 215 Å². The van der Waals surface area contributed by atoms with Gasteiger partial charge in [0, 0.05) is 19.0 Å². The molecule has 1 atom stereocenters. The lowest BCUT2D eigenvalue weighted by Crippen LogP contribution is -2.36. The van der Waals surface area contributed by atoms with Crippen LogP contribution in [-0.4, -0.2) is 57.6 Å². The van der Waals surface area contributed by atoms with Crippen LogP contribution in [0.3, 0.4) is 0 Å². The van der Waals surface area contributed by atoms with Crippen LogP contribution in [0.5, 0.6) is 0 Å². The minimum absolute atomic E-state index is 0.0200. The predicted octanol–water partition coefficient (Wildman–Crippen LogP) is 2.16. The number of imide groups is 1. The van der Waals surface area contributed by atoms with Gasteiger partial charge in [-0.3, -0.25) is 24.3 Å². The van der Waals surface area contributed by atoms with Gasteiger partial charge in [0.25, 0.3) is 27.6 Å². The third kappa shape index (κ3) is 9.80. The molecule has 0 radical (unpaired) electrons. The van der Waals surface area contributed by atoms with E-state index < -0.39 is 44.5 Å². The van der Waals surface area contributed by atoms with E-state index in [1.165, 1.54) is 6.07 Å². The summed E-state index contributed by atoms with van der Waals surface area (Å²) in [5.74, 6) is -3.07. The molecule has 13 nitrogen and oxygen atoms in total. The Morgan fingerprint density at radius 1 is 1.11 bits per heavy atom. The van der Waals surface area contributed by atoms with Crippen LogP contribution in [0.2, 0.25) is 0 Å². The molecule has 1 heterocycles. The summed E-state index contributed by atoms with van der Waals surface area (Å²) in [4.78, 5) is 50.4. The van der Waals surface area contributed by atoms with Crippen LogP contribution in [0.15, 0.2) is 18.2 Å². The van der Waals surface area contributed by atoms with E-state index in [1.54, 1.807) is 12.1 Å². The number of nitrogens with one attached hydrogen (secondary N) is 1. The van der Waals surface area contributed by atoms with E-state index in [9.17, 15) is 38.0 Å². The number of carbonyl (C=O) groups excluding carboxylic acids is 3. The highest BCUT2D eigenvalue weighted by molar-refractivity contribution is 7.87. The van der Waals surface area contributed by atoms with E-state index >= 15 is 0 Å². The quantitative estimate of drug-likeness (QED) is 0.0856. The minimum atomic E-state index is -4.74. The van der Waals surface area contributed by atoms with Crippen molar-refractivity contribution in [2.75, 3.05) is 6.54 Å². The summed E-state index contributed by atoms with van der Waals surface area (Å²) in [5.41, 5.74) is 1.09. The third-order valence-electron chi connectivity index (χ3n) is 5.94. The number of nitro groups is 1. The molecule has 0 aliphatic carbocycles. The number of hydrogen-bond donors (Lipinski definition) is 3. The fourth-order valence-corrected chi connectivity index (χ4v) is 4.63. The molecule has 2 amide bonds. The molecule has 0 bridgehead atoms. The van der Waals surface area contributed by atoms with Gasteiger partial charge in [0.2, 0.25) is 0 Å². The number of amides is 2. The van der Waals surface area contributed by atoms with Crippen molar-refractivity contribution in [2.45, 2.75) is 82.6 Å². The van der Waals surface area contributed by atoms with Crippen molar-refractivity contribution in [2.24, 2.45) is 0 Å². The first-order valence-corrected chi connectivity index (χ1v) is 13.7. The Hall–Kier alpha value is -2.94. The van der Waals surface area contributed by atoms with Crippen molar-refractivity contribution in [3.63, 3.8) is 0 Å². The van der Waals surface area contributed by atoms with Crippen LogP contribution in [-0.2, 0) is 42.5 Å². The Balaban J connectivity index is 1.47. The first kappa shape index (κ1) is 30.3. The Kier molecular flexibility index (Phi) is 12.0. The first-order chi connectivity index (χ1) is 17.5. The molecule has 0 aromatic heterocycles. The van der Waals surface area contributed by atoms with E-state index in [4.69, 9.17) is 4.55 Å². The highest BCUT2D eigenvalue weighted by Gasteiger charge is 2.48. The Morgan fingerprint density at radius 2 is 1.73 bits per heavy atom. The number of benzene rings is 1. The lowest BCUT2D eigenvalue weighted by Gasteiger charge is -2.13. The number of carbonyl (C=O) groups is 3. The molecule has 3 N–H and O–H groups in total. The van der Waals surface area contributed by atoms with Gasteiger partial charge in [-0.1, -0.05) is 44.6 Å². The molecule has 14 heteroatoms. The maximum absolute atomic E-state index is 11.8. The summed E-state index contributed by atoms with van der Waals surface area (Å²) < 4.78 is 31.1. The van der Waals surface area contributed by atoms with E-state index in [2.05, 4.69) is 10.2 Å². The van der Waals surface area contributed by atoms with Crippen molar-refractivity contribution in [1.29, 1.82) is 0 Å². The summed E-state index contributed by atoms with van der Waals surface area (Å²) in [6.07, 6.45) is 6.52. The van der Waals surface area contributed by atoms with Crippen molar-refractivity contribution in [3.05, 3.63) is 39.4 Å². The molecule has 1 fully saturated rings. The molecule has 0 spiro atoms. The molecule has 1 aromatic rings. The summed E-state index contributed by atoms with van der Waals surface area (Å²) in [6, 6.07) is 4.72. The Bertz CT molecular complexity index is 1080. The van der Waals surface area contributed by atoms with Crippen LogP contribution in [0.25, 0.3) is 0 Å². The zero-order valence-corrected chi connectivity index (χ0v) is 21.3. The summed E-state index contributed by atoms with van der Waals surface area (Å²) >= 11 is 0. The van der Waals surface area contributed by atoms with Crippen LogP contribution in [0.4, 0.5) is 5.69 Å². The zero-order chi connectivity index (χ0) is 27.4. The molecule has 206 valence electrons. The smallest absolute Gasteiger partial charge is 0.333 e. The molecular weight excluding hydrogens is 510 g/mol. The molecular formula is C23H33N3O10S. The molecule has 1 unspecified atom stereocenters. The fourth-order valence-electron chi connectivity index (χ4n) is 3.92. The maximum Gasteiger partial charge on any atom is 0.333 e. The molecule has 1 aromatic carbocycles. The van der Waals surface area contributed by atoms with E-state index in [-0.39, 0.29) is 23.8 Å². The van der Waals surface area contributed by atoms with E-state index in [1.807, 2.05) is 0 Å². The van der Waals surface area contributed by atoms with Gasteiger partial charge in [0.1, 0.15) is 0 Å². The van der Waals surface area contributed by atoms with Gasteiger partial charge in [0.05, 0.1) is 23.5 Å². The van der Waals surface area contributed by atoms with E-state index in [0.29, 0.717) is 18.5 Å². The average molecular weight is 544 g/mol. The number of unbranched alkanes of at least 4 members (excludes halogenated alkanes) is 7. The van der Waals surface area contributed by atoms with Gasteiger partial charge in [0.15, 0.2) is 5.25 Å². The normalized spacial score (nSPS) is 15.8. The summed E-state index contributed by atoms with van der Waals surface area (Å²) in [6.45, 7) is 0.990. The number of aliphatic hydroxyl groups is 1. The van der Waals surface area contributed by atoms with Crippen molar-refractivity contribution in [3.8, 4) is 0 Å². The topological polar surface area (TPSA) is 193 Å². The van der Waals surface area contributed by atoms with Gasteiger partial charge in [-0.2, -0.15) is 8.42 Å². The molecule has 37 heavy (non-hydrogen) atoms. The lowest BCUT2D eigenvalue weighted by atomic mass is 10.1. The predicted molar refractivity (Wildman–Crippen MR) is 130 cm³/mol. The molecule has 0 saturated carbocycles. The van der Waals surface area contributed by atoms with Crippen molar-refractivity contribution >= 4 is 33.6 Å². The van der Waals surface area contributed by atoms with Crippen molar-refractivity contribution in [1.82, 2.24) is 10.4 Å².